The lowest BCUT2D eigenvalue weighted by Crippen LogP contribution is -1.57. The summed E-state index contributed by atoms with van der Waals surface area (Å²) >= 11 is 0. The van der Waals surface area contributed by atoms with Gasteiger partial charge in [-0.1, -0.05) is 0 Å². The maximum absolute atomic E-state index is 7.57. The molecular formula is C2H9O2P. The summed E-state index contributed by atoms with van der Waals surface area (Å²) in [7, 11) is 1.42. The number of aliphatic hydroxyl groups excluding tert-OH is 1. The minimum absolute atomic E-state index is 0.250. The van der Waals surface area contributed by atoms with E-state index in [1.807, 2.05) is 0 Å². The molecule has 0 saturated carbocycles. The van der Waals surface area contributed by atoms with Crippen LogP contribution in [0.15, 0.2) is 0 Å². The minimum atomic E-state index is 0.250. The second-order valence-electron chi connectivity index (χ2n) is 0.316. The molecule has 0 spiro atoms. The Kier molecular flexibility index (Phi) is 48.3. The molecule has 0 bridgehead atoms. The largest absolute Gasteiger partial charge is 0.397 e. The summed E-state index contributed by atoms with van der Waals surface area (Å²) in [5.74, 6) is 0. The van der Waals surface area contributed by atoms with E-state index in [-0.39, 0.29) is 6.61 Å². The Bertz CT molecular complexity index is 7.61. The normalized spacial score (nSPS) is 4.80. The van der Waals surface area contributed by atoms with Crippen molar-refractivity contribution in [2.75, 3.05) is 6.61 Å². The van der Waals surface area contributed by atoms with Gasteiger partial charge < -0.3 is 10.00 Å². The first-order valence-corrected chi connectivity index (χ1v) is 1.80. The predicted octanol–water partition coefficient (Wildman–Crippen LogP) is -0.233. The lowest BCUT2D eigenvalue weighted by atomic mass is 10.9. The molecule has 0 saturated heterocycles. The van der Waals surface area contributed by atoms with Gasteiger partial charge in [0.2, 0.25) is 0 Å². The third kappa shape index (κ3) is 196. The van der Waals surface area contributed by atoms with Gasteiger partial charge >= 0.3 is 0 Å². The quantitative estimate of drug-likeness (QED) is 0.409. The third-order valence-electron chi connectivity index (χ3n) is 0. The van der Waals surface area contributed by atoms with E-state index in [2.05, 4.69) is 0 Å². The van der Waals surface area contributed by atoms with Gasteiger partial charge in [-0.05, 0) is 16.4 Å². The lowest BCUT2D eigenvalue weighted by molar-refractivity contribution is 0.318. The zero-order valence-corrected chi connectivity index (χ0v) is 4.33. The second kappa shape index (κ2) is 26.8. The van der Waals surface area contributed by atoms with Crippen molar-refractivity contribution in [1.82, 2.24) is 0 Å². The molecule has 2 nitrogen and oxygen atoms in total. The monoisotopic (exact) mass is 96.0 g/mol. The zero-order valence-electron chi connectivity index (χ0n) is 3.18. The third-order valence-corrected chi connectivity index (χ3v) is 0. The Morgan fingerprint density at radius 1 is 1.60 bits per heavy atom. The Morgan fingerprint density at radius 3 is 1.60 bits per heavy atom. The number of aliphatic hydroxyl groups is 1. The highest BCUT2D eigenvalue weighted by atomic mass is 31.0. The molecule has 1 unspecified atom stereocenters. The molecule has 34 valence electrons. The Hall–Kier alpha value is 0.350. The van der Waals surface area contributed by atoms with Crippen LogP contribution >= 0.6 is 9.47 Å². The summed E-state index contributed by atoms with van der Waals surface area (Å²) in [6, 6.07) is 0. The Balaban J connectivity index is 0. The average molecular weight is 96.1 g/mol. The number of rotatable bonds is 0. The van der Waals surface area contributed by atoms with Crippen LogP contribution in [0.5, 0.6) is 0 Å². The fraction of sp³-hybridized carbons (Fsp3) is 1.00. The lowest BCUT2D eigenvalue weighted by Gasteiger charge is -1.52. The van der Waals surface area contributed by atoms with E-state index in [0.717, 1.165) is 0 Å². The fourth-order valence-electron chi connectivity index (χ4n) is 0. The van der Waals surface area contributed by atoms with E-state index < -0.39 is 0 Å². The van der Waals surface area contributed by atoms with E-state index in [1.54, 1.807) is 6.92 Å². The molecule has 2 N–H and O–H groups in total. The van der Waals surface area contributed by atoms with Crippen LogP contribution < -0.4 is 0 Å². The van der Waals surface area contributed by atoms with E-state index >= 15 is 0 Å². The molecular weight excluding hydrogens is 87.0 g/mol. The molecule has 0 aromatic carbocycles. The summed E-state index contributed by atoms with van der Waals surface area (Å²) in [6.07, 6.45) is 0. The first-order valence-electron chi connectivity index (χ1n) is 1.28. The van der Waals surface area contributed by atoms with Gasteiger partial charge in [0.15, 0.2) is 0 Å². The van der Waals surface area contributed by atoms with Crippen molar-refractivity contribution in [3.05, 3.63) is 0 Å². The van der Waals surface area contributed by atoms with Crippen molar-refractivity contribution in [3.8, 4) is 0 Å². The SMILES string of the molecule is CCO.OP. The van der Waals surface area contributed by atoms with E-state index in [0.29, 0.717) is 0 Å². The summed E-state index contributed by atoms with van der Waals surface area (Å²) < 4.78 is 0. The summed E-state index contributed by atoms with van der Waals surface area (Å²) in [5.41, 5.74) is 0. The predicted molar refractivity (Wildman–Crippen MR) is 24.7 cm³/mol. The maximum atomic E-state index is 7.57. The number of hydrogen-bond donors (Lipinski definition) is 2. The van der Waals surface area contributed by atoms with Crippen molar-refractivity contribution in [3.63, 3.8) is 0 Å². The molecule has 3 heteroatoms. The van der Waals surface area contributed by atoms with Crippen LogP contribution in [0.1, 0.15) is 6.92 Å². The molecule has 0 radical (unpaired) electrons. The molecule has 0 aliphatic rings. The molecule has 0 heterocycles. The van der Waals surface area contributed by atoms with Crippen molar-refractivity contribution in [2.24, 2.45) is 0 Å². The highest BCUT2D eigenvalue weighted by Crippen LogP contribution is 1.44. The van der Waals surface area contributed by atoms with Gasteiger partial charge in [-0.3, -0.25) is 0 Å². The van der Waals surface area contributed by atoms with Crippen LogP contribution in [0, 0.1) is 0 Å². The van der Waals surface area contributed by atoms with E-state index in [9.17, 15) is 0 Å². The average Bonchev–Trinajstić information content (AvgIpc) is 1.46. The van der Waals surface area contributed by atoms with Gasteiger partial charge in [0.1, 0.15) is 0 Å². The van der Waals surface area contributed by atoms with Gasteiger partial charge in [-0.25, -0.2) is 0 Å². The molecule has 0 rings (SSSR count). The minimum Gasteiger partial charge on any atom is -0.397 e. The molecule has 0 aliphatic carbocycles. The van der Waals surface area contributed by atoms with Crippen LogP contribution in [-0.4, -0.2) is 16.6 Å². The van der Waals surface area contributed by atoms with E-state index in [4.69, 9.17) is 10.00 Å². The zero-order chi connectivity index (χ0) is 4.71. The van der Waals surface area contributed by atoms with Crippen molar-refractivity contribution in [2.45, 2.75) is 6.92 Å². The van der Waals surface area contributed by atoms with Crippen LogP contribution in [0.3, 0.4) is 0 Å². The van der Waals surface area contributed by atoms with Gasteiger partial charge in [-0.2, -0.15) is 0 Å². The first-order chi connectivity index (χ1) is 2.41. The van der Waals surface area contributed by atoms with Crippen LogP contribution in [0.2, 0.25) is 0 Å². The summed E-state index contributed by atoms with van der Waals surface area (Å²) in [5, 5.41) is 7.57. The van der Waals surface area contributed by atoms with Crippen molar-refractivity contribution >= 4 is 9.47 Å². The summed E-state index contributed by atoms with van der Waals surface area (Å²) in [4.78, 5) is 6.92. The highest BCUT2D eigenvalue weighted by Gasteiger charge is 1.34. The smallest absolute Gasteiger partial charge is 0.0402 e. The van der Waals surface area contributed by atoms with Crippen LogP contribution in [0.25, 0.3) is 0 Å². The van der Waals surface area contributed by atoms with Crippen LogP contribution in [-0.2, 0) is 0 Å². The molecule has 0 amide bonds. The molecule has 0 fully saturated rings. The first kappa shape index (κ1) is 9.02. The van der Waals surface area contributed by atoms with Gasteiger partial charge in [0, 0.05) is 6.61 Å². The molecule has 0 aromatic heterocycles. The fourth-order valence-corrected chi connectivity index (χ4v) is 0. The highest BCUT2D eigenvalue weighted by molar-refractivity contribution is 7.08. The molecule has 0 aromatic rings. The molecule has 5 heavy (non-hydrogen) atoms. The van der Waals surface area contributed by atoms with Gasteiger partial charge in [0.05, 0.1) is 0 Å². The second-order valence-corrected chi connectivity index (χ2v) is 0.316. The van der Waals surface area contributed by atoms with Crippen molar-refractivity contribution < 1.29 is 10.00 Å². The molecule has 1 atom stereocenters. The maximum Gasteiger partial charge on any atom is 0.0402 e. The Morgan fingerprint density at radius 2 is 1.60 bits per heavy atom. The van der Waals surface area contributed by atoms with Crippen molar-refractivity contribution in [1.29, 1.82) is 0 Å². The van der Waals surface area contributed by atoms with Crippen LogP contribution in [0.4, 0.5) is 0 Å². The van der Waals surface area contributed by atoms with Gasteiger partial charge in [-0.15, -0.1) is 0 Å². The van der Waals surface area contributed by atoms with Gasteiger partial charge in [0.25, 0.3) is 0 Å². The molecule has 0 aliphatic heterocycles. The van der Waals surface area contributed by atoms with E-state index in [1.165, 1.54) is 9.47 Å². The Labute approximate surface area is 34.1 Å². The number of hydrogen-bond acceptors (Lipinski definition) is 2. The standard InChI is InChI=1S/C2H6O.H3OP/c1-2-3;1-2/h3H,2H2,1H3;1H,2H2. The topological polar surface area (TPSA) is 40.5 Å². The summed E-state index contributed by atoms with van der Waals surface area (Å²) in [6.45, 7) is 1.93.